The number of amides is 1. The molecule has 0 aliphatic carbocycles. The van der Waals surface area contributed by atoms with Crippen LogP contribution >= 0.6 is 0 Å². The van der Waals surface area contributed by atoms with Crippen LogP contribution in [-0.4, -0.2) is 21.8 Å². The van der Waals surface area contributed by atoms with Crippen molar-refractivity contribution in [3.05, 3.63) is 65.7 Å². The molecule has 1 amide bonds. The van der Waals surface area contributed by atoms with Crippen molar-refractivity contribution in [1.29, 1.82) is 0 Å². The second-order valence-corrected chi connectivity index (χ2v) is 5.44. The molecule has 0 aliphatic rings. The van der Waals surface area contributed by atoms with Gasteiger partial charge >= 0.3 is 0 Å². The minimum Gasteiger partial charge on any atom is -0.335 e. The normalized spacial score (nSPS) is 12.0. The highest BCUT2D eigenvalue weighted by molar-refractivity contribution is 5.79. The van der Waals surface area contributed by atoms with Gasteiger partial charge in [0.05, 0.1) is 6.42 Å². The summed E-state index contributed by atoms with van der Waals surface area (Å²) in [6.07, 6.45) is 4.54. The first-order chi connectivity index (χ1) is 10.6. The van der Waals surface area contributed by atoms with Gasteiger partial charge in [-0.15, -0.1) is 0 Å². The fraction of sp³-hybridized carbons (Fsp3) is 0.333. The molecule has 0 fully saturated rings. The molecule has 1 aromatic heterocycles. The van der Waals surface area contributed by atoms with Crippen molar-refractivity contribution in [3.8, 4) is 0 Å². The highest BCUT2D eigenvalue weighted by atomic mass is 19.1. The maximum Gasteiger partial charge on any atom is 0.227 e. The van der Waals surface area contributed by atoms with E-state index in [4.69, 9.17) is 0 Å². The van der Waals surface area contributed by atoms with Crippen molar-refractivity contribution < 1.29 is 9.18 Å². The third-order valence-corrected chi connectivity index (χ3v) is 3.79. The number of carbonyl (C=O) groups excluding carboxylic acids is 1. The SMILES string of the molecule is CCC(C)N(Cc1ccncc1)C(=O)Cc1cccc(F)c1. The molecule has 0 bridgehead atoms. The van der Waals surface area contributed by atoms with Crippen LogP contribution in [0.25, 0.3) is 0 Å². The lowest BCUT2D eigenvalue weighted by Crippen LogP contribution is -2.38. The van der Waals surface area contributed by atoms with Crippen molar-refractivity contribution in [3.63, 3.8) is 0 Å². The van der Waals surface area contributed by atoms with Crippen LogP contribution < -0.4 is 0 Å². The monoisotopic (exact) mass is 300 g/mol. The van der Waals surface area contributed by atoms with Gasteiger partial charge in [-0.25, -0.2) is 4.39 Å². The Bertz CT molecular complexity index is 615. The minimum absolute atomic E-state index is 0.0109. The molecule has 1 aromatic carbocycles. The van der Waals surface area contributed by atoms with Crippen LogP contribution in [0.4, 0.5) is 4.39 Å². The Morgan fingerprint density at radius 1 is 1.23 bits per heavy atom. The standard InChI is InChI=1S/C18H21FN2O/c1-3-14(2)21(13-15-7-9-20-10-8-15)18(22)12-16-5-4-6-17(19)11-16/h4-11,14H,3,12-13H2,1-2H3. The summed E-state index contributed by atoms with van der Waals surface area (Å²) in [7, 11) is 0. The minimum atomic E-state index is -0.311. The Labute approximate surface area is 130 Å². The van der Waals surface area contributed by atoms with Crippen LogP contribution in [0.1, 0.15) is 31.4 Å². The fourth-order valence-corrected chi connectivity index (χ4v) is 2.32. The van der Waals surface area contributed by atoms with E-state index >= 15 is 0 Å². The number of halogens is 1. The summed E-state index contributed by atoms with van der Waals surface area (Å²) in [5.74, 6) is -0.300. The number of aromatic nitrogens is 1. The van der Waals surface area contributed by atoms with E-state index in [2.05, 4.69) is 11.9 Å². The number of nitrogens with zero attached hydrogens (tertiary/aromatic N) is 2. The molecule has 0 saturated carbocycles. The van der Waals surface area contributed by atoms with Gasteiger partial charge in [-0.05, 0) is 48.7 Å². The maximum atomic E-state index is 13.3. The van der Waals surface area contributed by atoms with Gasteiger partial charge < -0.3 is 4.90 Å². The summed E-state index contributed by atoms with van der Waals surface area (Å²) in [5.41, 5.74) is 1.75. The lowest BCUT2D eigenvalue weighted by atomic mass is 10.1. The lowest BCUT2D eigenvalue weighted by Gasteiger charge is -2.29. The highest BCUT2D eigenvalue weighted by Crippen LogP contribution is 2.14. The van der Waals surface area contributed by atoms with Gasteiger partial charge in [-0.3, -0.25) is 9.78 Å². The molecule has 116 valence electrons. The number of benzene rings is 1. The third kappa shape index (κ3) is 4.38. The first-order valence-corrected chi connectivity index (χ1v) is 7.53. The molecular weight excluding hydrogens is 279 g/mol. The molecule has 0 spiro atoms. The molecule has 1 unspecified atom stereocenters. The summed E-state index contributed by atoms with van der Waals surface area (Å²) < 4.78 is 13.3. The lowest BCUT2D eigenvalue weighted by molar-refractivity contribution is -0.133. The molecule has 0 N–H and O–H groups in total. The molecule has 22 heavy (non-hydrogen) atoms. The molecule has 3 nitrogen and oxygen atoms in total. The Hall–Kier alpha value is -2.23. The summed E-state index contributed by atoms with van der Waals surface area (Å²) in [5, 5.41) is 0. The number of hydrogen-bond donors (Lipinski definition) is 0. The zero-order chi connectivity index (χ0) is 15.9. The average Bonchev–Trinajstić information content (AvgIpc) is 2.53. The number of hydrogen-bond acceptors (Lipinski definition) is 2. The summed E-state index contributed by atoms with van der Waals surface area (Å²) in [6.45, 7) is 4.63. The van der Waals surface area contributed by atoms with E-state index in [0.29, 0.717) is 12.1 Å². The zero-order valence-corrected chi connectivity index (χ0v) is 13.0. The van der Waals surface area contributed by atoms with Gasteiger partial charge in [0.15, 0.2) is 0 Å². The van der Waals surface area contributed by atoms with Gasteiger partial charge in [-0.1, -0.05) is 19.1 Å². The number of pyridine rings is 1. The number of carbonyl (C=O) groups is 1. The van der Waals surface area contributed by atoms with E-state index < -0.39 is 0 Å². The van der Waals surface area contributed by atoms with Crippen molar-refractivity contribution in [2.45, 2.75) is 39.3 Å². The fourth-order valence-electron chi connectivity index (χ4n) is 2.32. The summed E-state index contributed by atoms with van der Waals surface area (Å²) in [6, 6.07) is 10.2. The molecule has 0 radical (unpaired) electrons. The van der Waals surface area contributed by atoms with Crippen molar-refractivity contribution in [1.82, 2.24) is 9.88 Å². The Balaban J connectivity index is 2.12. The van der Waals surface area contributed by atoms with E-state index in [1.807, 2.05) is 24.0 Å². The van der Waals surface area contributed by atoms with Gasteiger partial charge in [0.2, 0.25) is 5.91 Å². The van der Waals surface area contributed by atoms with Crippen molar-refractivity contribution in [2.75, 3.05) is 0 Å². The second kappa shape index (κ2) is 7.69. The Morgan fingerprint density at radius 3 is 2.59 bits per heavy atom. The van der Waals surface area contributed by atoms with E-state index in [1.165, 1.54) is 12.1 Å². The predicted molar refractivity (Wildman–Crippen MR) is 84.6 cm³/mol. The first kappa shape index (κ1) is 16.1. The van der Waals surface area contributed by atoms with E-state index in [-0.39, 0.29) is 24.2 Å². The van der Waals surface area contributed by atoms with Gasteiger partial charge in [0, 0.05) is 25.0 Å². The van der Waals surface area contributed by atoms with Crippen LogP contribution in [0.2, 0.25) is 0 Å². The van der Waals surface area contributed by atoms with E-state index in [9.17, 15) is 9.18 Å². The van der Waals surface area contributed by atoms with Crippen LogP contribution in [0.15, 0.2) is 48.8 Å². The van der Waals surface area contributed by atoms with E-state index in [0.717, 1.165) is 12.0 Å². The Kier molecular flexibility index (Phi) is 5.64. The smallest absolute Gasteiger partial charge is 0.227 e. The molecule has 2 aromatic rings. The topological polar surface area (TPSA) is 33.2 Å². The largest absolute Gasteiger partial charge is 0.335 e. The van der Waals surface area contributed by atoms with Gasteiger partial charge in [0.25, 0.3) is 0 Å². The summed E-state index contributed by atoms with van der Waals surface area (Å²) in [4.78, 5) is 18.5. The van der Waals surface area contributed by atoms with Gasteiger partial charge in [-0.2, -0.15) is 0 Å². The average molecular weight is 300 g/mol. The summed E-state index contributed by atoms with van der Waals surface area (Å²) >= 11 is 0. The van der Waals surface area contributed by atoms with Crippen LogP contribution in [-0.2, 0) is 17.8 Å². The maximum absolute atomic E-state index is 13.3. The highest BCUT2D eigenvalue weighted by Gasteiger charge is 2.19. The molecular formula is C18H21FN2O. The number of rotatable bonds is 6. The van der Waals surface area contributed by atoms with Crippen molar-refractivity contribution >= 4 is 5.91 Å². The van der Waals surface area contributed by atoms with Gasteiger partial charge in [0.1, 0.15) is 5.82 Å². The molecule has 0 saturated heterocycles. The zero-order valence-electron chi connectivity index (χ0n) is 13.0. The first-order valence-electron chi connectivity index (χ1n) is 7.53. The van der Waals surface area contributed by atoms with Crippen LogP contribution in [0.3, 0.4) is 0 Å². The third-order valence-electron chi connectivity index (χ3n) is 3.79. The van der Waals surface area contributed by atoms with E-state index in [1.54, 1.807) is 24.5 Å². The molecule has 1 heterocycles. The van der Waals surface area contributed by atoms with Crippen LogP contribution in [0, 0.1) is 5.82 Å². The van der Waals surface area contributed by atoms with Crippen molar-refractivity contribution in [2.24, 2.45) is 0 Å². The molecule has 4 heteroatoms. The second-order valence-electron chi connectivity index (χ2n) is 5.44. The molecule has 1 atom stereocenters. The Morgan fingerprint density at radius 2 is 1.95 bits per heavy atom. The van der Waals surface area contributed by atoms with Crippen LogP contribution in [0.5, 0.6) is 0 Å². The quantitative estimate of drug-likeness (QED) is 0.817. The molecule has 0 aliphatic heterocycles. The predicted octanol–water partition coefficient (Wildman–Crippen LogP) is 3.59. The molecule has 2 rings (SSSR count).